The first-order valence-corrected chi connectivity index (χ1v) is 10.2. The molecule has 0 aliphatic carbocycles. The summed E-state index contributed by atoms with van der Waals surface area (Å²) in [7, 11) is 0. The van der Waals surface area contributed by atoms with Gasteiger partial charge < -0.3 is 5.32 Å². The Morgan fingerprint density at radius 1 is 1.28 bits per heavy atom. The lowest BCUT2D eigenvalue weighted by molar-refractivity contribution is 0.138. The third-order valence-corrected chi connectivity index (χ3v) is 5.78. The Balaban J connectivity index is 1.58. The van der Waals surface area contributed by atoms with E-state index in [-0.39, 0.29) is 0 Å². The van der Waals surface area contributed by atoms with Crippen molar-refractivity contribution >= 4 is 33.6 Å². The van der Waals surface area contributed by atoms with Gasteiger partial charge in [-0.15, -0.1) is 22.7 Å². The molecule has 3 aromatic rings. The summed E-state index contributed by atoms with van der Waals surface area (Å²) in [6.07, 6.45) is 7.37. The number of nitrogens with zero attached hydrogens (tertiary/aromatic N) is 5. The smallest absolute Gasteiger partial charge is 0.188 e. The van der Waals surface area contributed by atoms with Gasteiger partial charge in [0.15, 0.2) is 5.13 Å². The monoisotopic (exact) mass is 372 g/mol. The lowest BCUT2D eigenvalue weighted by atomic mass is 9.99. The molecule has 1 aliphatic heterocycles. The maximum atomic E-state index is 4.74. The van der Waals surface area contributed by atoms with Gasteiger partial charge in [-0.1, -0.05) is 6.42 Å². The molecular weight excluding hydrogens is 352 g/mol. The fourth-order valence-corrected chi connectivity index (χ4v) is 4.41. The highest BCUT2D eigenvalue weighted by Gasteiger charge is 2.26. The predicted octanol–water partition coefficient (Wildman–Crippen LogP) is 4.17. The Labute approximate surface area is 155 Å². The van der Waals surface area contributed by atoms with Gasteiger partial charge in [0.25, 0.3) is 0 Å². The molecule has 25 heavy (non-hydrogen) atoms. The summed E-state index contributed by atoms with van der Waals surface area (Å²) in [5, 5.41) is 6.10. The van der Waals surface area contributed by atoms with E-state index in [2.05, 4.69) is 31.2 Å². The summed E-state index contributed by atoms with van der Waals surface area (Å²) in [4.78, 5) is 21.6. The van der Waals surface area contributed by atoms with Crippen molar-refractivity contribution in [2.75, 3.05) is 11.9 Å². The number of thiazole rings is 2. The Kier molecular flexibility index (Phi) is 5.00. The van der Waals surface area contributed by atoms with Gasteiger partial charge in [0.05, 0.1) is 17.2 Å². The molecule has 1 atom stereocenters. The molecule has 8 heteroatoms. The molecule has 130 valence electrons. The van der Waals surface area contributed by atoms with Crippen LogP contribution in [0.2, 0.25) is 0 Å². The normalized spacial score (nSPS) is 18.4. The third-order valence-electron chi connectivity index (χ3n) is 4.32. The van der Waals surface area contributed by atoms with E-state index in [1.807, 2.05) is 24.0 Å². The predicted molar refractivity (Wildman–Crippen MR) is 101 cm³/mol. The summed E-state index contributed by atoms with van der Waals surface area (Å²) in [5.41, 5.74) is 3.00. The third kappa shape index (κ3) is 4.02. The number of aryl methyl sites for hydroxylation is 1. The van der Waals surface area contributed by atoms with Crippen LogP contribution in [0.3, 0.4) is 0 Å². The zero-order valence-corrected chi connectivity index (χ0v) is 15.7. The zero-order valence-electron chi connectivity index (χ0n) is 14.1. The van der Waals surface area contributed by atoms with Crippen molar-refractivity contribution in [2.24, 2.45) is 0 Å². The highest BCUT2D eigenvalue weighted by atomic mass is 32.1. The number of nitrogens with one attached hydrogen (secondary N) is 1. The van der Waals surface area contributed by atoms with Crippen molar-refractivity contribution in [2.45, 2.75) is 38.8 Å². The maximum absolute atomic E-state index is 4.74. The summed E-state index contributed by atoms with van der Waals surface area (Å²) in [5.74, 6) is 1.61. The molecule has 1 unspecified atom stereocenters. The second kappa shape index (κ2) is 7.55. The van der Waals surface area contributed by atoms with Gasteiger partial charge >= 0.3 is 0 Å². The summed E-state index contributed by atoms with van der Waals surface area (Å²) < 4.78 is 0. The van der Waals surface area contributed by atoms with E-state index in [0.29, 0.717) is 6.04 Å². The molecule has 0 bridgehead atoms. The molecule has 0 amide bonds. The van der Waals surface area contributed by atoms with Gasteiger partial charge in [-0.3, -0.25) is 9.88 Å². The summed E-state index contributed by atoms with van der Waals surface area (Å²) in [6.45, 7) is 3.99. The molecule has 1 saturated heterocycles. The van der Waals surface area contributed by atoms with E-state index in [1.165, 1.54) is 17.7 Å². The molecule has 0 spiro atoms. The van der Waals surface area contributed by atoms with E-state index in [1.54, 1.807) is 28.9 Å². The highest BCUT2D eigenvalue weighted by Crippen LogP contribution is 2.33. The van der Waals surface area contributed by atoms with Crippen LogP contribution in [-0.2, 0) is 6.54 Å². The number of aromatic nitrogens is 4. The van der Waals surface area contributed by atoms with Gasteiger partial charge in [-0.2, -0.15) is 0 Å². The molecule has 1 aliphatic rings. The van der Waals surface area contributed by atoms with Gasteiger partial charge in [-0.25, -0.2) is 15.0 Å². The van der Waals surface area contributed by atoms with Crippen molar-refractivity contribution in [3.63, 3.8) is 0 Å². The minimum atomic E-state index is 0.328. The number of rotatable bonds is 5. The fourth-order valence-electron chi connectivity index (χ4n) is 3.26. The van der Waals surface area contributed by atoms with Crippen molar-refractivity contribution in [1.29, 1.82) is 0 Å². The van der Waals surface area contributed by atoms with Crippen molar-refractivity contribution in [3.05, 3.63) is 45.7 Å². The van der Waals surface area contributed by atoms with Crippen LogP contribution in [-0.4, -0.2) is 31.4 Å². The molecule has 1 N–H and O–H groups in total. The van der Waals surface area contributed by atoms with Gasteiger partial charge in [0.2, 0.25) is 0 Å². The Bertz CT molecular complexity index is 803. The van der Waals surface area contributed by atoms with Crippen molar-refractivity contribution in [3.8, 4) is 0 Å². The van der Waals surface area contributed by atoms with Crippen LogP contribution in [0, 0.1) is 6.92 Å². The van der Waals surface area contributed by atoms with Crippen molar-refractivity contribution in [1.82, 2.24) is 24.8 Å². The van der Waals surface area contributed by atoms with Crippen LogP contribution in [0.5, 0.6) is 0 Å². The van der Waals surface area contributed by atoms with Crippen LogP contribution in [0.25, 0.3) is 0 Å². The van der Waals surface area contributed by atoms with Crippen molar-refractivity contribution < 1.29 is 0 Å². The van der Waals surface area contributed by atoms with E-state index >= 15 is 0 Å². The Hall–Kier alpha value is -1.90. The molecule has 0 aromatic carbocycles. The van der Waals surface area contributed by atoms with Gasteiger partial charge in [0, 0.05) is 35.3 Å². The van der Waals surface area contributed by atoms with E-state index < -0.39 is 0 Å². The quantitative estimate of drug-likeness (QED) is 0.725. The summed E-state index contributed by atoms with van der Waals surface area (Å²) in [6, 6.07) is 2.40. The average Bonchev–Trinajstić information content (AvgIpc) is 3.29. The van der Waals surface area contributed by atoms with Crippen LogP contribution in [0.15, 0.2) is 29.4 Å². The van der Waals surface area contributed by atoms with Crippen LogP contribution in [0.1, 0.15) is 41.7 Å². The Morgan fingerprint density at radius 3 is 3.04 bits per heavy atom. The molecule has 0 saturated carbocycles. The molecule has 4 rings (SSSR count). The fraction of sp³-hybridized carbons (Fsp3) is 0.412. The number of piperidine rings is 1. The topological polar surface area (TPSA) is 66.8 Å². The second-order valence-corrected chi connectivity index (χ2v) is 8.00. The standard InChI is InChI=1S/C17H20N6S2/c1-12-20-14(8-16(21-12)22-17-19-5-7-24-17)15-4-2-3-6-23(15)10-13-9-18-11-25-13/h5,7-9,11,15H,2-4,6,10H2,1H3,(H,19,20,21,22). The minimum absolute atomic E-state index is 0.328. The Morgan fingerprint density at radius 2 is 2.24 bits per heavy atom. The van der Waals surface area contributed by atoms with E-state index in [4.69, 9.17) is 4.98 Å². The molecule has 6 nitrogen and oxygen atoms in total. The largest absolute Gasteiger partial charge is 0.316 e. The number of anilines is 2. The second-order valence-electron chi connectivity index (χ2n) is 6.14. The van der Waals surface area contributed by atoms with E-state index in [0.717, 1.165) is 42.0 Å². The molecular formula is C17H20N6S2. The van der Waals surface area contributed by atoms with Crippen LogP contribution >= 0.6 is 22.7 Å². The van der Waals surface area contributed by atoms with E-state index in [9.17, 15) is 0 Å². The van der Waals surface area contributed by atoms with Gasteiger partial charge in [-0.05, 0) is 26.3 Å². The maximum Gasteiger partial charge on any atom is 0.188 e. The average molecular weight is 373 g/mol. The van der Waals surface area contributed by atoms with Crippen LogP contribution in [0.4, 0.5) is 10.9 Å². The molecule has 3 aromatic heterocycles. The zero-order chi connectivity index (χ0) is 17.1. The molecule has 0 radical (unpaired) electrons. The van der Waals surface area contributed by atoms with Crippen LogP contribution < -0.4 is 5.32 Å². The lowest BCUT2D eigenvalue weighted by Crippen LogP contribution is -2.33. The summed E-state index contributed by atoms with van der Waals surface area (Å²) >= 11 is 3.29. The lowest BCUT2D eigenvalue weighted by Gasteiger charge is -2.35. The first-order chi connectivity index (χ1) is 12.3. The first kappa shape index (κ1) is 16.6. The number of likely N-dealkylation sites (tertiary alicyclic amines) is 1. The number of hydrogen-bond acceptors (Lipinski definition) is 8. The number of hydrogen-bond donors (Lipinski definition) is 1. The molecule has 4 heterocycles. The highest BCUT2D eigenvalue weighted by molar-refractivity contribution is 7.13. The minimum Gasteiger partial charge on any atom is -0.316 e. The van der Waals surface area contributed by atoms with Gasteiger partial charge in [0.1, 0.15) is 11.6 Å². The molecule has 1 fully saturated rings. The first-order valence-electron chi connectivity index (χ1n) is 8.41. The SMILES string of the molecule is Cc1nc(Nc2nccs2)cc(C2CCCCN2Cc2cncs2)n1.